The van der Waals surface area contributed by atoms with Crippen LogP contribution in [-0.4, -0.2) is 21.0 Å². The summed E-state index contributed by atoms with van der Waals surface area (Å²) >= 11 is 0. The van der Waals surface area contributed by atoms with Crippen LogP contribution in [0, 0.1) is 0 Å². The van der Waals surface area contributed by atoms with Crippen LogP contribution in [0.5, 0.6) is 0 Å². The van der Waals surface area contributed by atoms with Gasteiger partial charge in [-0.2, -0.15) is 0 Å². The van der Waals surface area contributed by atoms with Gasteiger partial charge in [0.2, 0.25) is 10.0 Å². The Hall–Kier alpha value is -1.40. The number of esters is 1. The summed E-state index contributed by atoms with van der Waals surface area (Å²) in [4.78, 5) is 11.9. The first-order chi connectivity index (χ1) is 13.9. The number of carbonyl (C=O) groups is 1. The minimum atomic E-state index is -3.82. The molecule has 0 saturated carbocycles. The highest BCUT2D eigenvalue weighted by Crippen LogP contribution is 2.14. The van der Waals surface area contributed by atoms with Crippen molar-refractivity contribution >= 4 is 16.0 Å². The quantitative estimate of drug-likeness (QED) is 0.246. The zero-order valence-electron chi connectivity index (χ0n) is 18.0. The predicted molar refractivity (Wildman–Crippen MR) is 118 cm³/mol. The van der Waals surface area contributed by atoms with Crippen LogP contribution in [0.3, 0.4) is 0 Å². The fourth-order valence-electron chi connectivity index (χ4n) is 3.34. The lowest BCUT2D eigenvalue weighted by Crippen LogP contribution is -2.13. The van der Waals surface area contributed by atoms with Gasteiger partial charge >= 0.3 is 5.97 Å². The smallest absolute Gasteiger partial charge is 0.338 e. The molecule has 1 rings (SSSR count). The molecule has 0 saturated heterocycles. The third-order valence-electron chi connectivity index (χ3n) is 5.13. The first kappa shape index (κ1) is 25.6. The van der Waals surface area contributed by atoms with E-state index in [9.17, 15) is 13.2 Å². The molecule has 0 radical (unpaired) electrons. The van der Waals surface area contributed by atoms with Crippen molar-refractivity contribution in [3.8, 4) is 0 Å². The van der Waals surface area contributed by atoms with Crippen molar-refractivity contribution in [2.75, 3.05) is 6.61 Å². The Morgan fingerprint density at radius 3 is 1.79 bits per heavy atom. The number of carbonyl (C=O) groups excluding carboxylic acids is 1. The minimum absolute atomic E-state index is 0.0801. The van der Waals surface area contributed by atoms with Gasteiger partial charge in [0.05, 0.1) is 17.1 Å². The lowest BCUT2D eigenvalue weighted by Gasteiger charge is -2.06. The van der Waals surface area contributed by atoms with E-state index in [1.165, 1.54) is 94.9 Å². The van der Waals surface area contributed by atoms with Gasteiger partial charge in [0.15, 0.2) is 0 Å². The van der Waals surface area contributed by atoms with Crippen LogP contribution in [0.2, 0.25) is 0 Å². The van der Waals surface area contributed by atoms with Crippen molar-refractivity contribution in [2.24, 2.45) is 5.14 Å². The molecule has 0 aliphatic carbocycles. The summed E-state index contributed by atoms with van der Waals surface area (Å²) in [5.41, 5.74) is 0.210. The number of hydrogen-bond donors (Lipinski definition) is 1. The molecule has 0 aliphatic heterocycles. The molecule has 0 amide bonds. The number of nitrogens with two attached hydrogens (primary N) is 1. The number of sulfonamides is 1. The molecule has 0 unspecified atom stereocenters. The zero-order chi connectivity index (χ0) is 21.4. The molecule has 1 aromatic rings. The minimum Gasteiger partial charge on any atom is -0.462 e. The molecule has 0 spiro atoms. The second-order valence-corrected chi connectivity index (χ2v) is 9.37. The van der Waals surface area contributed by atoms with Gasteiger partial charge in [0.25, 0.3) is 0 Å². The molecule has 0 bridgehead atoms. The van der Waals surface area contributed by atoms with E-state index in [-0.39, 0.29) is 10.5 Å². The third-order valence-corrected chi connectivity index (χ3v) is 6.04. The van der Waals surface area contributed by atoms with Gasteiger partial charge in [-0.25, -0.2) is 18.4 Å². The highest BCUT2D eigenvalue weighted by molar-refractivity contribution is 7.89. The normalized spacial score (nSPS) is 11.5. The van der Waals surface area contributed by atoms with E-state index >= 15 is 0 Å². The van der Waals surface area contributed by atoms with E-state index < -0.39 is 16.0 Å². The molecule has 1 aromatic carbocycles. The van der Waals surface area contributed by atoms with Crippen molar-refractivity contribution < 1.29 is 17.9 Å². The van der Waals surface area contributed by atoms with Crippen LogP contribution in [-0.2, 0) is 14.8 Å². The predicted octanol–water partition coefficient (Wildman–Crippen LogP) is 5.97. The highest BCUT2D eigenvalue weighted by Gasteiger charge is 2.12. The molecule has 29 heavy (non-hydrogen) atoms. The average Bonchev–Trinajstić information content (AvgIpc) is 2.70. The summed E-state index contributed by atoms with van der Waals surface area (Å²) in [6.45, 7) is 2.61. The maximum atomic E-state index is 12.0. The first-order valence-electron chi connectivity index (χ1n) is 11.2. The van der Waals surface area contributed by atoms with Gasteiger partial charge in [0, 0.05) is 0 Å². The zero-order valence-corrected chi connectivity index (χ0v) is 18.9. The number of benzene rings is 1. The third kappa shape index (κ3) is 12.7. The van der Waals surface area contributed by atoms with Crippen LogP contribution < -0.4 is 5.14 Å². The Kier molecular flexibility index (Phi) is 13.7. The lowest BCUT2D eigenvalue weighted by atomic mass is 10.0. The Morgan fingerprint density at radius 2 is 1.31 bits per heavy atom. The van der Waals surface area contributed by atoms with Crippen molar-refractivity contribution in [2.45, 2.75) is 102 Å². The van der Waals surface area contributed by atoms with Gasteiger partial charge in [0.1, 0.15) is 0 Å². The van der Waals surface area contributed by atoms with Crippen molar-refractivity contribution in [1.29, 1.82) is 0 Å². The van der Waals surface area contributed by atoms with E-state index in [4.69, 9.17) is 9.88 Å². The molecular weight excluding hydrogens is 386 g/mol. The van der Waals surface area contributed by atoms with Gasteiger partial charge < -0.3 is 4.74 Å². The molecule has 0 heterocycles. The van der Waals surface area contributed by atoms with E-state index in [1.807, 2.05) is 0 Å². The van der Waals surface area contributed by atoms with Crippen LogP contribution >= 0.6 is 0 Å². The Bertz CT molecular complexity index is 673. The number of hydrogen-bond acceptors (Lipinski definition) is 4. The summed E-state index contributed by atoms with van der Waals surface area (Å²) in [7, 11) is -3.82. The number of rotatable bonds is 17. The Labute approximate surface area is 177 Å². The molecular formula is C23H39NO4S. The molecule has 0 aliphatic rings. The first-order valence-corrected chi connectivity index (χ1v) is 12.8. The SMILES string of the molecule is CCCCCCCCCCCCCCCCOC(=O)c1cccc(S(N)(=O)=O)c1. The standard InChI is InChI=1S/C23H39NO4S/c1-2-3-4-5-6-7-8-9-10-11-12-13-14-15-19-28-23(25)21-17-16-18-22(20-21)29(24,26)27/h16-18,20H,2-15,19H2,1H3,(H2,24,26,27). The summed E-state index contributed by atoms with van der Waals surface area (Å²) in [6, 6.07) is 5.63. The molecule has 6 heteroatoms. The van der Waals surface area contributed by atoms with Crippen molar-refractivity contribution in [1.82, 2.24) is 0 Å². The molecule has 0 atom stereocenters. The number of unbranched alkanes of at least 4 members (excludes halogenated alkanes) is 13. The van der Waals surface area contributed by atoms with E-state index in [1.54, 1.807) is 0 Å². The van der Waals surface area contributed by atoms with Crippen LogP contribution in [0.15, 0.2) is 29.2 Å². The van der Waals surface area contributed by atoms with Crippen molar-refractivity contribution in [3.05, 3.63) is 29.8 Å². The van der Waals surface area contributed by atoms with Gasteiger partial charge in [-0.1, -0.05) is 96.5 Å². The van der Waals surface area contributed by atoms with Crippen molar-refractivity contribution in [3.63, 3.8) is 0 Å². The molecule has 2 N–H and O–H groups in total. The maximum Gasteiger partial charge on any atom is 0.338 e. The largest absolute Gasteiger partial charge is 0.462 e. The summed E-state index contributed by atoms with van der Waals surface area (Å²) in [5, 5.41) is 5.08. The van der Waals surface area contributed by atoms with E-state index in [0.717, 1.165) is 19.3 Å². The maximum absolute atomic E-state index is 12.0. The topological polar surface area (TPSA) is 86.5 Å². The average molecular weight is 426 g/mol. The molecule has 5 nitrogen and oxygen atoms in total. The fraction of sp³-hybridized carbons (Fsp3) is 0.696. The molecule has 0 fully saturated rings. The Morgan fingerprint density at radius 1 is 0.828 bits per heavy atom. The van der Waals surface area contributed by atoms with Crippen LogP contribution in [0.1, 0.15) is 107 Å². The molecule has 0 aromatic heterocycles. The highest BCUT2D eigenvalue weighted by atomic mass is 32.2. The molecule has 166 valence electrons. The number of ether oxygens (including phenoxy) is 1. The van der Waals surface area contributed by atoms with Gasteiger partial charge in [-0.3, -0.25) is 0 Å². The van der Waals surface area contributed by atoms with E-state index in [2.05, 4.69) is 6.92 Å². The second-order valence-electron chi connectivity index (χ2n) is 7.80. The van der Waals surface area contributed by atoms with Crippen LogP contribution in [0.4, 0.5) is 0 Å². The summed E-state index contributed by atoms with van der Waals surface area (Å²) < 4.78 is 27.9. The van der Waals surface area contributed by atoms with E-state index in [0.29, 0.717) is 6.61 Å². The summed E-state index contributed by atoms with van der Waals surface area (Å²) in [6.07, 6.45) is 17.9. The van der Waals surface area contributed by atoms with Crippen LogP contribution in [0.25, 0.3) is 0 Å². The fourth-order valence-corrected chi connectivity index (χ4v) is 3.90. The Balaban J connectivity index is 1.98. The van der Waals surface area contributed by atoms with Gasteiger partial charge in [-0.15, -0.1) is 0 Å². The van der Waals surface area contributed by atoms with Gasteiger partial charge in [-0.05, 0) is 24.6 Å². The monoisotopic (exact) mass is 425 g/mol. The summed E-state index contributed by atoms with van der Waals surface area (Å²) in [5.74, 6) is -0.509. The lowest BCUT2D eigenvalue weighted by molar-refractivity contribution is 0.0497. The second kappa shape index (κ2) is 15.4. The number of primary sulfonamides is 1.